The van der Waals surface area contributed by atoms with Gasteiger partial charge in [0.1, 0.15) is 22.6 Å². The number of ether oxygens (including phenoxy) is 1. The summed E-state index contributed by atoms with van der Waals surface area (Å²) in [6, 6.07) is 11.3. The minimum absolute atomic E-state index is 0.0906. The van der Waals surface area contributed by atoms with E-state index in [1.807, 2.05) is 18.2 Å². The van der Waals surface area contributed by atoms with Crippen molar-refractivity contribution in [2.24, 2.45) is 0 Å². The number of benzene rings is 2. The summed E-state index contributed by atoms with van der Waals surface area (Å²) in [6.45, 7) is 0.730. The highest BCUT2D eigenvalue weighted by Crippen LogP contribution is 2.30. The molecule has 7 nitrogen and oxygen atoms in total. The topological polar surface area (TPSA) is 76.0 Å². The molecule has 0 bridgehead atoms. The van der Waals surface area contributed by atoms with Crippen molar-refractivity contribution < 1.29 is 17.9 Å². The zero-order valence-corrected chi connectivity index (χ0v) is 17.7. The monoisotopic (exact) mass is 455 g/mol. The Labute approximate surface area is 186 Å². The second kappa shape index (κ2) is 8.36. The van der Waals surface area contributed by atoms with Gasteiger partial charge in [-0.15, -0.1) is 0 Å². The molecule has 5 rings (SSSR count). The molecule has 0 atom stereocenters. The SMILES string of the molecule is COc1cccc(F)c1-n1nc2c(-c3ccc4c(c3)CN(CC(F)F)CC4)n[nH]c2cc1=O. The van der Waals surface area contributed by atoms with E-state index >= 15 is 0 Å². The molecule has 4 aromatic rings. The van der Waals surface area contributed by atoms with E-state index in [4.69, 9.17) is 4.74 Å². The Hall–Kier alpha value is -3.66. The van der Waals surface area contributed by atoms with Gasteiger partial charge < -0.3 is 4.74 Å². The first-order valence-corrected chi connectivity index (χ1v) is 10.4. The first-order chi connectivity index (χ1) is 15.9. The van der Waals surface area contributed by atoms with Gasteiger partial charge >= 0.3 is 0 Å². The van der Waals surface area contributed by atoms with Crippen LogP contribution >= 0.6 is 0 Å². The van der Waals surface area contributed by atoms with Gasteiger partial charge in [-0.25, -0.2) is 13.2 Å². The summed E-state index contributed by atoms with van der Waals surface area (Å²) in [7, 11) is 1.38. The lowest BCUT2D eigenvalue weighted by atomic mass is 9.96. The molecule has 0 saturated heterocycles. The van der Waals surface area contributed by atoms with Crippen molar-refractivity contribution in [3.8, 4) is 22.7 Å². The van der Waals surface area contributed by atoms with Gasteiger partial charge in [0.05, 0.1) is 19.2 Å². The van der Waals surface area contributed by atoms with Gasteiger partial charge in [-0.2, -0.15) is 14.9 Å². The van der Waals surface area contributed by atoms with E-state index in [1.54, 1.807) is 11.0 Å². The summed E-state index contributed by atoms with van der Waals surface area (Å²) in [6.07, 6.45) is -1.70. The van der Waals surface area contributed by atoms with E-state index in [0.717, 1.165) is 21.4 Å². The molecule has 0 aliphatic carbocycles. The molecule has 3 heterocycles. The van der Waals surface area contributed by atoms with E-state index in [-0.39, 0.29) is 18.0 Å². The van der Waals surface area contributed by atoms with Gasteiger partial charge in [-0.05, 0) is 35.7 Å². The first kappa shape index (κ1) is 21.2. The highest BCUT2D eigenvalue weighted by Gasteiger charge is 2.22. The molecular formula is C23H20F3N5O2. The highest BCUT2D eigenvalue weighted by atomic mass is 19.3. The predicted molar refractivity (Wildman–Crippen MR) is 116 cm³/mol. The average Bonchev–Trinajstić information content (AvgIpc) is 3.20. The Morgan fingerprint density at radius 3 is 2.82 bits per heavy atom. The van der Waals surface area contributed by atoms with Gasteiger partial charge in [0.25, 0.3) is 12.0 Å². The maximum atomic E-state index is 14.6. The van der Waals surface area contributed by atoms with Crippen LogP contribution in [0, 0.1) is 5.82 Å². The van der Waals surface area contributed by atoms with Gasteiger partial charge in [0, 0.05) is 24.7 Å². The van der Waals surface area contributed by atoms with Crippen LogP contribution in [0.3, 0.4) is 0 Å². The number of fused-ring (bicyclic) bond motifs is 2. The third kappa shape index (κ3) is 3.86. The Balaban J connectivity index is 1.60. The van der Waals surface area contributed by atoms with Crippen LogP contribution in [-0.2, 0) is 13.0 Å². The molecule has 0 amide bonds. The van der Waals surface area contributed by atoms with Crippen molar-refractivity contribution in [3.63, 3.8) is 0 Å². The van der Waals surface area contributed by atoms with Gasteiger partial charge in [-0.3, -0.25) is 14.8 Å². The number of nitrogens with zero attached hydrogens (tertiary/aromatic N) is 4. The number of rotatable bonds is 5. The van der Waals surface area contributed by atoms with E-state index in [2.05, 4.69) is 15.3 Å². The molecule has 1 aliphatic heterocycles. The number of hydrogen-bond donors (Lipinski definition) is 1. The zero-order chi connectivity index (χ0) is 23.1. The maximum absolute atomic E-state index is 14.6. The van der Waals surface area contributed by atoms with Crippen LogP contribution in [0.25, 0.3) is 28.0 Å². The molecule has 170 valence electrons. The normalized spacial score (nSPS) is 14.1. The number of H-pyrrole nitrogens is 1. The second-order valence-electron chi connectivity index (χ2n) is 7.88. The summed E-state index contributed by atoms with van der Waals surface area (Å²) < 4.78 is 46.5. The summed E-state index contributed by atoms with van der Waals surface area (Å²) in [4.78, 5) is 14.4. The lowest BCUT2D eigenvalue weighted by Crippen LogP contribution is -2.34. The molecule has 0 spiro atoms. The largest absolute Gasteiger partial charge is 0.494 e. The van der Waals surface area contributed by atoms with Crippen molar-refractivity contribution >= 4 is 11.0 Å². The third-order valence-electron chi connectivity index (χ3n) is 5.79. The summed E-state index contributed by atoms with van der Waals surface area (Å²) in [5.41, 5.74) is 3.38. The third-order valence-corrected chi connectivity index (χ3v) is 5.79. The van der Waals surface area contributed by atoms with Gasteiger partial charge in [-0.1, -0.05) is 18.2 Å². The van der Waals surface area contributed by atoms with Crippen molar-refractivity contribution in [2.75, 3.05) is 20.2 Å². The number of para-hydroxylation sites is 1. The summed E-state index contributed by atoms with van der Waals surface area (Å²) >= 11 is 0. The average molecular weight is 455 g/mol. The molecule has 1 N–H and O–H groups in total. The molecule has 0 fully saturated rings. The minimum Gasteiger partial charge on any atom is -0.494 e. The first-order valence-electron chi connectivity index (χ1n) is 10.4. The lowest BCUT2D eigenvalue weighted by Gasteiger charge is -2.28. The fourth-order valence-corrected chi connectivity index (χ4v) is 4.23. The van der Waals surface area contributed by atoms with Gasteiger partial charge in [0.2, 0.25) is 0 Å². The Morgan fingerprint density at radius 2 is 2.03 bits per heavy atom. The van der Waals surface area contributed by atoms with E-state index in [1.165, 1.54) is 25.3 Å². The van der Waals surface area contributed by atoms with Crippen LogP contribution in [0.5, 0.6) is 5.75 Å². The van der Waals surface area contributed by atoms with Crippen molar-refractivity contribution in [1.82, 2.24) is 24.9 Å². The van der Waals surface area contributed by atoms with Crippen molar-refractivity contribution in [1.29, 1.82) is 0 Å². The molecule has 33 heavy (non-hydrogen) atoms. The molecule has 10 heteroatoms. The summed E-state index contributed by atoms with van der Waals surface area (Å²) in [5.74, 6) is -0.483. The van der Waals surface area contributed by atoms with E-state index in [9.17, 15) is 18.0 Å². The highest BCUT2D eigenvalue weighted by molar-refractivity contribution is 5.89. The van der Waals surface area contributed by atoms with Gasteiger partial charge in [0.15, 0.2) is 5.82 Å². The van der Waals surface area contributed by atoms with Crippen molar-refractivity contribution in [3.05, 3.63) is 69.8 Å². The fourth-order valence-electron chi connectivity index (χ4n) is 4.23. The smallest absolute Gasteiger partial charge is 0.273 e. The number of alkyl halides is 2. The number of hydrogen-bond acceptors (Lipinski definition) is 5. The number of aromatic amines is 1. The number of methoxy groups -OCH3 is 1. The molecule has 0 radical (unpaired) electrons. The van der Waals surface area contributed by atoms with Crippen LogP contribution < -0.4 is 10.3 Å². The molecular weight excluding hydrogens is 435 g/mol. The fraction of sp³-hybridized carbons (Fsp3) is 0.261. The second-order valence-corrected chi connectivity index (χ2v) is 7.88. The van der Waals surface area contributed by atoms with E-state index < -0.39 is 17.8 Å². The molecule has 1 aliphatic rings. The minimum atomic E-state index is -2.39. The predicted octanol–water partition coefficient (Wildman–Crippen LogP) is 3.55. The van der Waals surface area contributed by atoms with Crippen LogP contribution in [0.4, 0.5) is 13.2 Å². The summed E-state index contributed by atoms with van der Waals surface area (Å²) in [5, 5.41) is 11.5. The Morgan fingerprint density at radius 1 is 1.18 bits per heavy atom. The standard InChI is InChI=1S/C23H20F3N5O2/c1-33-18-4-2-3-16(24)23(18)31-20(32)10-17-22(29-31)21(28-27-17)14-6-5-13-7-8-30(12-19(25)26)11-15(13)9-14/h2-6,9-10,19,27H,7-8,11-12H2,1H3. The molecule has 0 unspecified atom stereocenters. The number of nitrogens with one attached hydrogen (secondary N) is 1. The molecule has 0 saturated carbocycles. The maximum Gasteiger partial charge on any atom is 0.273 e. The van der Waals surface area contributed by atoms with Crippen molar-refractivity contribution in [2.45, 2.75) is 19.4 Å². The zero-order valence-electron chi connectivity index (χ0n) is 17.7. The Kier molecular flexibility index (Phi) is 5.37. The molecule has 2 aromatic heterocycles. The van der Waals surface area contributed by atoms with Crippen LogP contribution in [0.2, 0.25) is 0 Å². The number of aromatic nitrogens is 4. The molecule has 2 aromatic carbocycles. The Bertz CT molecular complexity index is 1400. The van der Waals surface area contributed by atoms with Crippen LogP contribution in [0.15, 0.2) is 47.3 Å². The van der Waals surface area contributed by atoms with E-state index in [0.29, 0.717) is 36.2 Å². The van der Waals surface area contributed by atoms with Crippen LogP contribution in [-0.4, -0.2) is 51.5 Å². The quantitative estimate of drug-likeness (QED) is 0.498. The number of halogens is 3. The lowest BCUT2D eigenvalue weighted by molar-refractivity contribution is 0.0821. The van der Waals surface area contributed by atoms with Crippen LogP contribution in [0.1, 0.15) is 11.1 Å².